The molecule has 3 N–H and O–H groups in total. The monoisotopic (exact) mass is 533 g/mol. The smallest absolute Gasteiger partial charge is 0.323 e. The van der Waals surface area contributed by atoms with Gasteiger partial charge in [-0.2, -0.15) is 5.10 Å². The molecular formula is C28H32FN7O3. The van der Waals surface area contributed by atoms with Crippen molar-refractivity contribution in [2.24, 2.45) is 0 Å². The van der Waals surface area contributed by atoms with E-state index in [0.29, 0.717) is 34.6 Å². The van der Waals surface area contributed by atoms with Gasteiger partial charge in [0.05, 0.1) is 29.2 Å². The summed E-state index contributed by atoms with van der Waals surface area (Å²) in [5.74, 6) is -0.368. The van der Waals surface area contributed by atoms with Crippen LogP contribution in [0.15, 0.2) is 54.9 Å². The number of fused-ring (bicyclic) bond motifs is 1. The molecule has 1 fully saturated rings. The van der Waals surface area contributed by atoms with Crippen LogP contribution in [0.3, 0.4) is 0 Å². The molecule has 1 aromatic carbocycles. The van der Waals surface area contributed by atoms with Crippen molar-refractivity contribution >= 4 is 34.2 Å². The highest BCUT2D eigenvalue weighted by Gasteiger charge is 2.29. The van der Waals surface area contributed by atoms with Gasteiger partial charge in [0, 0.05) is 42.0 Å². The number of aliphatic carboxylic acids is 1. The number of aromatic nitrogens is 4. The normalized spacial score (nSPS) is 17.5. The number of pyridine rings is 2. The third-order valence-electron chi connectivity index (χ3n) is 7.28. The van der Waals surface area contributed by atoms with Gasteiger partial charge in [-0.3, -0.25) is 4.79 Å². The summed E-state index contributed by atoms with van der Waals surface area (Å²) in [6.07, 6.45) is 7.12. The van der Waals surface area contributed by atoms with Crippen molar-refractivity contribution in [3.05, 3.63) is 66.4 Å². The zero-order valence-corrected chi connectivity index (χ0v) is 22.0. The fourth-order valence-electron chi connectivity index (χ4n) is 5.14. The second-order valence-corrected chi connectivity index (χ2v) is 10.1. The molecule has 0 radical (unpaired) electrons. The Hall–Kier alpha value is -4.09. The molecular weight excluding hydrogens is 501 g/mol. The first-order chi connectivity index (χ1) is 18.8. The maximum Gasteiger partial charge on any atom is 0.323 e. The molecule has 0 aliphatic heterocycles. The van der Waals surface area contributed by atoms with Crippen LogP contribution in [0.2, 0.25) is 0 Å². The number of benzene rings is 1. The summed E-state index contributed by atoms with van der Waals surface area (Å²) in [6.45, 7) is -0.316. The third kappa shape index (κ3) is 5.99. The Morgan fingerprint density at radius 1 is 1.10 bits per heavy atom. The predicted octanol–water partition coefficient (Wildman–Crippen LogP) is 3.95. The average molecular weight is 534 g/mol. The van der Waals surface area contributed by atoms with Gasteiger partial charge in [-0.15, -0.1) is 0 Å². The van der Waals surface area contributed by atoms with Gasteiger partial charge in [0.25, 0.3) is 0 Å². The summed E-state index contributed by atoms with van der Waals surface area (Å²) in [5.41, 5.74) is 1.88. The number of aliphatic hydroxyl groups is 1. The number of nitrogens with one attached hydrogen (secondary N) is 1. The van der Waals surface area contributed by atoms with E-state index in [1.54, 1.807) is 36.7 Å². The highest BCUT2D eigenvalue weighted by molar-refractivity contribution is 5.83. The van der Waals surface area contributed by atoms with Crippen LogP contribution >= 0.6 is 0 Å². The van der Waals surface area contributed by atoms with Crippen molar-refractivity contribution in [2.45, 2.75) is 44.4 Å². The van der Waals surface area contributed by atoms with Crippen LogP contribution in [0.5, 0.6) is 0 Å². The molecule has 3 aromatic heterocycles. The van der Waals surface area contributed by atoms with Gasteiger partial charge >= 0.3 is 5.97 Å². The summed E-state index contributed by atoms with van der Waals surface area (Å²) < 4.78 is 16.4. The number of hydrogen-bond donors (Lipinski definition) is 3. The molecule has 0 saturated heterocycles. The van der Waals surface area contributed by atoms with Crippen molar-refractivity contribution in [2.75, 3.05) is 30.9 Å². The topological polar surface area (TPSA) is 120 Å². The molecule has 0 unspecified atom stereocenters. The number of rotatable bonds is 9. The quantitative estimate of drug-likeness (QED) is 0.294. The van der Waals surface area contributed by atoms with Crippen LogP contribution in [0.25, 0.3) is 16.6 Å². The van der Waals surface area contributed by atoms with E-state index >= 15 is 0 Å². The molecule has 1 aliphatic rings. The minimum absolute atomic E-state index is 0.0949. The van der Waals surface area contributed by atoms with Gasteiger partial charge in [0.15, 0.2) is 0 Å². The Bertz CT molecular complexity index is 1470. The lowest BCUT2D eigenvalue weighted by Gasteiger charge is -2.38. The highest BCUT2D eigenvalue weighted by atomic mass is 19.1. The van der Waals surface area contributed by atoms with Crippen LogP contribution in [0.4, 0.5) is 21.7 Å². The van der Waals surface area contributed by atoms with Gasteiger partial charge in [-0.25, -0.2) is 19.0 Å². The Balaban J connectivity index is 1.37. The molecule has 204 valence electrons. The van der Waals surface area contributed by atoms with Crippen molar-refractivity contribution in [1.82, 2.24) is 24.6 Å². The zero-order valence-electron chi connectivity index (χ0n) is 22.0. The van der Waals surface area contributed by atoms with E-state index in [4.69, 9.17) is 4.98 Å². The van der Waals surface area contributed by atoms with E-state index in [0.717, 1.165) is 31.1 Å². The van der Waals surface area contributed by atoms with E-state index in [9.17, 15) is 19.4 Å². The average Bonchev–Trinajstić information content (AvgIpc) is 3.42. The van der Waals surface area contributed by atoms with Crippen molar-refractivity contribution in [3.63, 3.8) is 0 Å². The Morgan fingerprint density at radius 2 is 1.87 bits per heavy atom. The third-order valence-corrected chi connectivity index (χ3v) is 7.28. The molecule has 1 aliphatic carbocycles. The maximum atomic E-state index is 14.9. The number of halogens is 1. The molecule has 0 atom stereocenters. The minimum Gasteiger partial charge on any atom is -0.480 e. The summed E-state index contributed by atoms with van der Waals surface area (Å²) in [6, 6.07) is 12.4. The number of carbonyl (C=O) groups is 1. The predicted molar refractivity (Wildman–Crippen MR) is 147 cm³/mol. The van der Waals surface area contributed by atoms with Crippen LogP contribution in [0.1, 0.15) is 31.4 Å². The second-order valence-electron chi connectivity index (χ2n) is 10.1. The first kappa shape index (κ1) is 26.5. The van der Waals surface area contributed by atoms with Crippen molar-refractivity contribution < 1.29 is 19.4 Å². The van der Waals surface area contributed by atoms with Gasteiger partial charge in [-0.1, -0.05) is 0 Å². The standard InChI is InChI=1S/C28H32FN7O3/c1-34(2)20-4-6-21(7-5-20)35(16-28(38)39)27-10-3-18-15-30-26(14-25(18)32-27)31-24-9-8-22(13-23(24)29)36-12-11-19(17-37)33-36/h3,8-15,20-21,37H,4-7,16-17H2,1-2H3,(H,30,31)(H,38,39)/t20-,21+. The van der Waals surface area contributed by atoms with Gasteiger partial charge in [0.2, 0.25) is 0 Å². The van der Waals surface area contributed by atoms with E-state index in [2.05, 4.69) is 34.4 Å². The largest absolute Gasteiger partial charge is 0.480 e. The minimum atomic E-state index is -0.898. The lowest BCUT2D eigenvalue weighted by Crippen LogP contribution is -2.44. The lowest BCUT2D eigenvalue weighted by molar-refractivity contribution is -0.135. The van der Waals surface area contributed by atoms with Crippen LogP contribution < -0.4 is 10.2 Å². The van der Waals surface area contributed by atoms with Crippen LogP contribution in [0, 0.1) is 5.82 Å². The number of carboxylic acids is 1. The highest BCUT2D eigenvalue weighted by Crippen LogP contribution is 2.30. The molecule has 0 spiro atoms. The molecule has 10 nitrogen and oxygen atoms in total. The number of nitrogens with zero attached hydrogens (tertiary/aromatic N) is 6. The van der Waals surface area contributed by atoms with Gasteiger partial charge in [-0.05, 0) is 70.1 Å². The number of hydrogen-bond acceptors (Lipinski definition) is 8. The van der Waals surface area contributed by atoms with E-state index in [1.165, 1.54) is 10.7 Å². The molecule has 4 aromatic rings. The summed E-state index contributed by atoms with van der Waals surface area (Å²) in [5, 5.41) is 26.8. The molecule has 39 heavy (non-hydrogen) atoms. The number of carboxylic acid groups (broad SMARTS) is 1. The fourth-order valence-corrected chi connectivity index (χ4v) is 5.14. The Kier molecular flexibility index (Phi) is 7.71. The first-order valence-electron chi connectivity index (χ1n) is 12.9. The molecule has 0 bridgehead atoms. The maximum absolute atomic E-state index is 14.9. The van der Waals surface area contributed by atoms with E-state index < -0.39 is 11.8 Å². The zero-order chi connectivity index (χ0) is 27.5. The lowest BCUT2D eigenvalue weighted by atomic mass is 9.89. The van der Waals surface area contributed by atoms with Crippen LogP contribution in [-0.2, 0) is 11.4 Å². The second kappa shape index (κ2) is 11.3. The summed E-state index contributed by atoms with van der Waals surface area (Å²) in [7, 11) is 4.16. The fraction of sp³-hybridized carbons (Fsp3) is 0.357. The molecule has 5 rings (SSSR count). The molecule has 3 heterocycles. The van der Waals surface area contributed by atoms with E-state index in [1.807, 2.05) is 17.0 Å². The summed E-state index contributed by atoms with van der Waals surface area (Å²) >= 11 is 0. The van der Waals surface area contributed by atoms with Crippen LogP contribution in [-0.4, -0.2) is 73.6 Å². The summed E-state index contributed by atoms with van der Waals surface area (Å²) in [4.78, 5) is 25.0. The SMILES string of the molecule is CN(C)[C@H]1CC[C@@H](N(CC(=O)O)c2ccc3cnc(Nc4ccc(-n5ccc(CO)n5)cc4F)cc3n2)CC1. The molecule has 0 amide bonds. The van der Waals surface area contributed by atoms with Crippen molar-refractivity contribution in [3.8, 4) is 5.69 Å². The molecule has 11 heteroatoms. The van der Waals surface area contributed by atoms with Gasteiger partial charge < -0.3 is 25.3 Å². The van der Waals surface area contributed by atoms with Gasteiger partial charge in [0.1, 0.15) is 24.0 Å². The Labute approximate surface area is 225 Å². The first-order valence-corrected chi connectivity index (χ1v) is 12.9. The Morgan fingerprint density at radius 3 is 2.54 bits per heavy atom. The van der Waals surface area contributed by atoms with E-state index in [-0.39, 0.29) is 24.9 Å². The number of anilines is 3. The number of aliphatic hydroxyl groups excluding tert-OH is 1. The van der Waals surface area contributed by atoms with Crippen molar-refractivity contribution in [1.29, 1.82) is 0 Å². The molecule has 1 saturated carbocycles.